The number of carbonyl (C=O) groups excluding carboxylic acids is 1. The first kappa shape index (κ1) is 15.0. The van der Waals surface area contributed by atoms with Crippen molar-refractivity contribution in [3.8, 4) is 10.0 Å². The molecule has 2 rings (SSSR count). The summed E-state index contributed by atoms with van der Waals surface area (Å²) in [7, 11) is 1.24. The van der Waals surface area contributed by atoms with Crippen molar-refractivity contribution >= 4 is 28.6 Å². The fraction of sp³-hybridized carbons (Fsp3) is 0.417. The number of hydrogen-bond donors (Lipinski definition) is 2. The molecule has 6 nitrogen and oxygen atoms in total. The number of rotatable bonds is 4. The van der Waals surface area contributed by atoms with Crippen LogP contribution >= 0.6 is 22.7 Å². The number of methoxy groups -OCH3 is 1. The molecule has 108 valence electrons. The van der Waals surface area contributed by atoms with E-state index in [0.29, 0.717) is 10.0 Å². The molecule has 0 fully saturated rings. The zero-order chi connectivity index (χ0) is 14.9. The second-order valence-corrected chi connectivity index (χ2v) is 6.54. The molecule has 0 saturated carbocycles. The number of thiazole rings is 2. The predicted molar refractivity (Wildman–Crippen MR) is 75.8 cm³/mol. The van der Waals surface area contributed by atoms with Gasteiger partial charge in [0.15, 0.2) is 15.7 Å². The molecule has 0 saturated heterocycles. The van der Waals surface area contributed by atoms with Crippen molar-refractivity contribution in [2.45, 2.75) is 25.6 Å². The number of aliphatic hydroxyl groups excluding tert-OH is 1. The number of ether oxygens (including phenoxy) is 1. The third-order valence-electron chi connectivity index (χ3n) is 2.56. The minimum atomic E-state index is -1.39. The van der Waals surface area contributed by atoms with Crippen LogP contribution in [0.3, 0.4) is 0 Å². The fourth-order valence-corrected chi connectivity index (χ4v) is 3.40. The Labute approximate surface area is 123 Å². The molecule has 8 heteroatoms. The van der Waals surface area contributed by atoms with Gasteiger partial charge in [-0.15, -0.1) is 22.7 Å². The van der Waals surface area contributed by atoms with Crippen molar-refractivity contribution in [1.29, 1.82) is 0 Å². The van der Waals surface area contributed by atoms with E-state index in [1.807, 2.05) is 0 Å². The zero-order valence-corrected chi connectivity index (χ0v) is 12.8. The molecule has 0 amide bonds. The van der Waals surface area contributed by atoms with E-state index in [1.165, 1.54) is 32.3 Å². The third kappa shape index (κ3) is 2.88. The average molecular weight is 314 g/mol. The highest BCUT2D eigenvalue weighted by Gasteiger charge is 2.33. The fourth-order valence-electron chi connectivity index (χ4n) is 1.50. The summed E-state index contributed by atoms with van der Waals surface area (Å²) in [5.41, 5.74) is -1.38. The van der Waals surface area contributed by atoms with E-state index in [0.717, 1.165) is 11.3 Å². The first-order valence-electron chi connectivity index (χ1n) is 5.74. The molecule has 2 aromatic rings. The third-order valence-corrected chi connectivity index (χ3v) is 4.59. The van der Waals surface area contributed by atoms with Gasteiger partial charge in [0, 0.05) is 11.6 Å². The van der Waals surface area contributed by atoms with Gasteiger partial charge in [-0.1, -0.05) is 0 Å². The van der Waals surface area contributed by atoms with E-state index in [1.54, 1.807) is 11.6 Å². The van der Waals surface area contributed by atoms with Crippen molar-refractivity contribution in [3.63, 3.8) is 0 Å². The van der Waals surface area contributed by atoms with Crippen LogP contribution in [-0.2, 0) is 4.74 Å². The van der Waals surface area contributed by atoms with Crippen molar-refractivity contribution in [3.05, 3.63) is 22.1 Å². The maximum Gasteiger partial charge on any atom is 0.357 e. The molecule has 2 N–H and O–H groups in total. The summed E-state index contributed by atoms with van der Waals surface area (Å²) in [5, 5.41) is 23.1. The van der Waals surface area contributed by atoms with Crippen LogP contribution in [0.25, 0.3) is 10.0 Å². The summed E-state index contributed by atoms with van der Waals surface area (Å²) in [6, 6.07) is 0. The molecule has 0 aliphatic heterocycles. The number of esters is 1. The molecular weight excluding hydrogens is 300 g/mol. The Hall–Kier alpha value is -1.35. The summed E-state index contributed by atoms with van der Waals surface area (Å²) < 4.78 is 4.67. The van der Waals surface area contributed by atoms with E-state index in [9.17, 15) is 15.0 Å². The highest BCUT2D eigenvalue weighted by atomic mass is 32.1. The lowest BCUT2D eigenvalue weighted by molar-refractivity contribution is -0.0483. The molecule has 2 heterocycles. The van der Waals surface area contributed by atoms with Gasteiger partial charge in [-0.05, 0) is 13.8 Å². The molecule has 2 aromatic heterocycles. The SMILES string of the molecule is COC(=O)c1nc(-c2nccs2)sc1C(O)C(C)(C)O. The maximum atomic E-state index is 11.8. The Bertz CT molecular complexity index is 602. The minimum absolute atomic E-state index is 0.0114. The summed E-state index contributed by atoms with van der Waals surface area (Å²) in [6.07, 6.45) is 0.397. The number of aliphatic hydroxyl groups is 2. The molecule has 0 spiro atoms. The molecule has 0 aliphatic rings. The lowest BCUT2D eigenvalue weighted by atomic mass is 10.00. The van der Waals surface area contributed by atoms with Gasteiger partial charge in [-0.25, -0.2) is 14.8 Å². The van der Waals surface area contributed by atoms with Crippen LogP contribution in [0.5, 0.6) is 0 Å². The zero-order valence-electron chi connectivity index (χ0n) is 11.2. The van der Waals surface area contributed by atoms with E-state index in [4.69, 9.17) is 0 Å². The van der Waals surface area contributed by atoms with E-state index in [2.05, 4.69) is 14.7 Å². The van der Waals surface area contributed by atoms with Crippen LogP contribution in [0.4, 0.5) is 0 Å². The Morgan fingerprint density at radius 1 is 1.45 bits per heavy atom. The van der Waals surface area contributed by atoms with Crippen molar-refractivity contribution in [2.24, 2.45) is 0 Å². The van der Waals surface area contributed by atoms with E-state index in [-0.39, 0.29) is 10.6 Å². The van der Waals surface area contributed by atoms with Crippen molar-refractivity contribution in [1.82, 2.24) is 9.97 Å². The first-order chi connectivity index (χ1) is 9.34. The van der Waals surface area contributed by atoms with Gasteiger partial charge in [0.1, 0.15) is 6.10 Å². The number of carbonyl (C=O) groups is 1. The molecule has 0 aromatic carbocycles. The van der Waals surface area contributed by atoms with E-state index >= 15 is 0 Å². The minimum Gasteiger partial charge on any atom is -0.464 e. The quantitative estimate of drug-likeness (QED) is 0.837. The lowest BCUT2D eigenvalue weighted by Crippen LogP contribution is -2.29. The van der Waals surface area contributed by atoms with Crippen LogP contribution in [0.15, 0.2) is 11.6 Å². The van der Waals surface area contributed by atoms with Gasteiger partial charge in [0.05, 0.1) is 17.6 Å². The maximum absolute atomic E-state index is 11.8. The second-order valence-electron chi connectivity index (χ2n) is 4.62. The molecule has 1 unspecified atom stereocenters. The van der Waals surface area contributed by atoms with Crippen LogP contribution in [-0.4, -0.2) is 38.9 Å². The summed E-state index contributed by atoms with van der Waals surface area (Å²) in [6.45, 7) is 2.92. The van der Waals surface area contributed by atoms with Crippen LogP contribution in [0.1, 0.15) is 35.3 Å². The molecule has 1 atom stereocenters. The van der Waals surface area contributed by atoms with Gasteiger partial charge < -0.3 is 14.9 Å². The molecule has 0 aliphatic carbocycles. The van der Waals surface area contributed by atoms with Gasteiger partial charge in [-0.2, -0.15) is 0 Å². The Morgan fingerprint density at radius 3 is 2.65 bits per heavy atom. The largest absolute Gasteiger partial charge is 0.464 e. The standard InChI is InChI=1S/C12H14N2O4S2/c1-12(2,17)8(15)7-6(11(16)18-3)14-10(20-7)9-13-4-5-19-9/h4-5,8,15,17H,1-3H3. The van der Waals surface area contributed by atoms with Gasteiger partial charge in [-0.3, -0.25) is 0 Å². The van der Waals surface area contributed by atoms with Gasteiger partial charge in [0.2, 0.25) is 0 Å². The van der Waals surface area contributed by atoms with Crippen LogP contribution in [0, 0.1) is 0 Å². The monoisotopic (exact) mass is 314 g/mol. The Morgan fingerprint density at radius 2 is 2.15 bits per heavy atom. The van der Waals surface area contributed by atoms with Gasteiger partial charge in [0.25, 0.3) is 0 Å². The summed E-state index contributed by atoms with van der Waals surface area (Å²) >= 11 is 2.50. The molecule has 0 radical (unpaired) electrons. The summed E-state index contributed by atoms with van der Waals surface area (Å²) in [4.78, 5) is 20.3. The normalized spacial score (nSPS) is 13.2. The Kier molecular flexibility index (Phi) is 4.19. The number of nitrogens with zero attached hydrogens (tertiary/aromatic N) is 2. The topological polar surface area (TPSA) is 92.5 Å². The smallest absolute Gasteiger partial charge is 0.357 e. The average Bonchev–Trinajstić information content (AvgIpc) is 3.04. The first-order valence-corrected chi connectivity index (χ1v) is 7.43. The number of aromatic nitrogens is 2. The van der Waals surface area contributed by atoms with Crippen LogP contribution in [0.2, 0.25) is 0 Å². The summed E-state index contributed by atoms with van der Waals surface area (Å²) in [5.74, 6) is -0.651. The molecule has 20 heavy (non-hydrogen) atoms. The van der Waals surface area contributed by atoms with Crippen LogP contribution < -0.4 is 0 Å². The second kappa shape index (κ2) is 5.57. The van der Waals surface area contributed by atoms with E-state index < -0.39 is 17.7 Å². The molecule has 0 bridgehead atoms. The highest BCUT2D eigenvalue weighted by Crippen LogP contribution is 2.37. The molecular formula is C12H14N2O4S2. The van der Waals surface area contributed by atoms with Gasteiger partial charge >= 0.3 is 5.97 Å². The van der Waals surface area contributed by atoms with Crippen molar-refractivity contribution < 1.29 is 19.7 Å². The highest BCUT2D eigenvalue weighted by molar-refractivity contribution is 7.20. The lowest BCUT2D eigenvalue weighted by Gasteiger charge is -2.23. The number of hydrogen-bond acceptors (Lipinski definition) is 8. The Balaban J connectivity index is 2.51. The predicted octanol–water partition coefficient (Wildman–Crippen LogP) is 1.86. The van der Waals surface area contributed by atoms with Crippen molar-refractivity contribution in [2.75, 3.05) is 7.11 Å².